The molecule has 0 radical (unpaired) electrons. The van der Waals surface area contributed by atoms with Crippen LogP contribution in [0.15, 0.2) is 30.5 Å². The average molecular weight is 459 g/mol. The lowest BCUT2D eigenvalue weighted by Gasteiger charge is -2.27. The van der Waals surface area contributed by atoms with Crippen LogP contribution in [-0.2, 0) is 0 Å². The van der Waals surface area contributed by atoms with E-state index in [-0.39, 0.29) is 11.8 Å². The van der Waals surface area contributed by atoms with Crippen LogP contribution in [0.5, 0.6) is 0 Å². The molecule has 1 aliphatic heterocycles. The number of nitrogens with one attached hydrogen (secondary N) is 1. The largest absolute Gasteiger partial charge is 0.368 e. The van der Waals surface area contributed by atoms with Crippen molar-refractivity contribution in [1.29, 1.82) is 0 Å². The van der Waals surface area contributed by atoms with E-state index in [1.54, 1.807) is 29.7 Å². The number of nitrogens with two attached hydrogens (primary N) is 1. The van der Waals surface area contributed by atoms with Crippen LogP contribution in [0.3, 0.4) is 0 Å². The monoisotopic (exact) mass is 458 g/mol. The molecule has 1 saturated heterocycles. The fourth-order valence-electron chi connectivity index (χ4n) is 3.65. The Labute approximate surface area is 190 Å². The lowest BCUT2D eigenvalue weighted by molar-refractivity contribution is 0.255. The normalized spacial score (nSPS) is 15.3. The molecule has 2 aromatic heterocycles. The standard InChI is InChI=1S/C22H27FN6S2/c1-3-13-30-28-16-6-4-5-15(18(16)23)19-20(17-7-10-25-22(24)26-17)31-21(27-19)14-8-11-29(2)12-9-14/h4-7,10,14,28H,3,8-9,11-13H2,1-2H3,(H2,24,25,26). The van der Waals surface area contributed by atoms with Gasteiger partial charge in [-0.25, -0.2) is 19.3 Å². The molecule has 4 rings (SSSR count). The number of halogens is 1. The van der Waals surface area contributed by atoms with Crippen molar-refractivity contribution in [2.45, 2.75) is 32.1 Å². The third-order valence-electron chi connectivity index (χ3n) is 5.36. The van der Waals surface area contributed by atoms with Gasteiger partial charge < -0.3 is 15.4 Å². The summed E-state index contributed by atoms with van der Waals surface area (Å²) in [5, 5.41) is 1.04. The predicted molar refractivity (Wildman–Crippen MR) is 129 cm³/mol. The molecule has 1 aliphatic rings. The summed E-state index contributed by atoms with van der Waals surface area (Å²) >= 11 is 3.10. The van der Waals surface area contributed by atoms with E-state index >= 15 is 4.39 Å². The van der Waals surface area contributed by atoms with Gasteiger partial charge in [0.1, 0.15) is 0 Å². The van der Waals surface area contributed by atoms with Crippen LogP contribution < -0.4 is 10.5 Å². The number of nitrogens with zero attached hydrogens (tertiary/aromatic N) is 4. The summed E-state index contributed by atoms with van der Waals surface area (Å²) in [6.45, 7) is 4.18. The van der Waals surface area contributed by atoms with Crippen LogP contribution in [0.1, 0.15) is 37.1 Å². The number of thiazole rings is 1. The predicted octanol–water partition coefficient (Wildman–Crippen LogP) is 5.27. The van der Waals surface area contributed by atoms with Crippen LogP contribution in [0.2, 0.25) is 0 Å². The Kier molecular flexibility index (Phi) is 7.04. The van der Waals surface area contributed by atoms with Crippen LogP contribution in [0.4, 0.5) is 16.0 Å². The zero-order valence-corrected chi connectivity index (χ0v) is 19.4. The van der Waals surface area contributed by atoms with Gasteiger partial charge in [-0.3, -0.25) is 0 Å². The Morgan fingerprint density at radius 3 is 2.81 bits per heavy atom. The van der Waals surface area contributed by atoms with E-state index in [0.29, 0.717) is 28.6 Å². The molecule has 1 aromatic carbocycles. The first-order valence-electron chi connectivity index (χ1n) is 10.5. The lowest BCUT2D eigenvalue weighted by Crippen LogP contribution is -2.29. The minimum Gasteiger partial charge on any atom is -0.368 e. The van der Waals surface area contributed by atoms with Gasteiger partial charge in [-0.15, -0.1) is 11.3 Å². The number of likely N-dealkylation sites (tertiary alicyclic amines) is 1. The molecule has 0 aliphatic carbocycles. The maximum Gasteiger partial charge on any atom is 0.220 e. The Bertz CT molecular complexity index is 1030. The second-order valence-electron chi connectivity index (χ2n) is 7.73. The number of hydrogen-bond donors (Lipinski definition) is 2. The molecule has 31 heavy (non-hydrogen) atoms. The van der Waals surface area contributed by atoms with Crippen molar-refractivity contribution < 1.29 is 4.39 Å². The van der Waals surface area contributed by atoms with Crippen molar-refractivity contribution in [2.24, 2.45) is 0 Å². The molecule has 0 atom stereocenters. The summed E-state index contributed by atoms with van der Waals surface area (Å²) in [6, 6.07) is 7.21. The van der Waals surface area contributed by atoms with Gasteiger partial charge in [0.25, 0.3) is 0 Å². The van der Waals surface area contributed by atoms with Gasteiger partial charge in [0.05, 0.1) is 27.0 Å². The second kappa shape index (κ2) is 9.93. The van der Waals surface area contributed by atoms with Gasteiger partial charge in [-0.2, -0.15) is 0 Å². The summed E-state index contributed by atoms with van der Waals surface area (Å²) in [5.41, 5.74) is 8.09. The molecule has 0 amide bonds. The average Bonchev–Trinajstić information content (AvgIpc) is 3.21. The van der Waals surface area contributed by atoms with Gasteiger partial charge in [-0.1, -0.05) is 24.9 Å². The van der Waals surface area contributed by atoms with Crippen LogP contribution >= 0.6 is 23.3 Å². The molecule has 1 fully saturated rings. The number of benzene rings is 1. The number of aromatic nitrogens is 3. The highest BCUT2D eigenvalue weighted by Crippen LogP contribution is 2.42. The van der Waals surface area contributed by atoms with Crippen LogP contribution in [0, 0.1) is 5.82 Å². The van der Waals surface area contributed by atoms with E-state index in [2.05, 4.69) is 33.6 Å². The van der Waals surface area contributed by atoms with Crippen LogP contribution in [-0.4, -0.2) is 45.7 Å². The van der Waals surface area contributed by atoms with E-state index in [1.165, 1.54) is 11.9 Å². The molecule has 3 N–H and O–H groups in total. The summed E-state index contributed by atoms with van der Waals surface area (Å²) in [4.78, 5) is 16.5. The summed E-state index contributed by atoms with van der Waals surface area (Å²) in [6.07, 6.45) is 4.75. The van der Waals surface area contributed by atoms with Gasteiger partial charge in [0, 0.05) is 23.4 Å². The molecule has 0 saturated carbocycles. The molecule has 6 nitrogen and oxygen atoms in total. The highest BCUT2D eigenvalue weighted by atomic mass is 32.2. The third kappa shape index (κ3) is 4.99. The zero-order chi connectivity index (χ0) is 21.8. The molecule has 164 valence electrons. The molecule has 0 bridgehead atoms. The van der Waals surface area contributed by atoms with Crippen molar-refractivity contribution in [3.63, 3.8) is 0 Å². The Morgan fingerprint density at radius 2 is 2.06 bits per heavy atom. The Balaban J connectivity index is 1.76. The van der Waals surface area contributed by atoms with E-state index in [4.69, 9.17) is 10.7 Å². The zero-order valence-electron chi connectivity index (χ0n) is 17.8. The Hall–Kier alpha value is -2.23. The first-order valence-corrected chi connectivity index (χ1v) is 12.3. The van der Waals surface area contributed by atoms with Crippen molar-refractivity contribution in [3.8, 4) is 21.8 Å². The SMILES string of the molecule is CCCSNc1cccc(-c2nc(C3CCN(C)CC3)sc2-c2ccnc(N)n2)c1F. The fourth-order valence-corrected chi connectivity index (χ4v) is 5.49. The first-order chi connectivity index (χ1) is 15.1. The van der Waals surface area contributed by atoms with Gasteiger partial charge in [0.15, 0.2) is 5.82 Å². The molecule has 0 unspecified atom stereocenters. The van der Waals surface area contributed by atoms with Crippen molar-refractivity contribution >= 4 is 34.9 Å². The van der Waals surface area contributed by atoms with Gasteiger partial charge in [0.2, 0.25) is 5.95 Å². The molecule has 3 heterocycles. The molecular formula is C22H27FN6S2. The minimum absolute atomic E-state index is 0.199. The quantitative estimate of drug-likeness (QED) is 0.369. The lowest BCUT2D eigenvalue weighted by atomic mass is 9.98. The number of piperidine rings is 1. The van der Waals surface area contributed by atoms with Gasteiger partial charge in [-0.05, 0) is 57.6 Å². The Morgan fingerprint density at radius 1 is 1.26 bits per heavy atom. The topological polar surface area (TPSA) is 80.0 Å². The number of anilines is 2. The highest BCUT2D eigenvalue weighted by molar-refractivity contribution is 8.00. The molecular weight excluding hydrogens is 431 g/mol. The van der Waals surface area contributed by atoms with Crippen LogP contribution in [0.25, 0.3) is 21.8 Å². The van der Waals surface area contributed by atoms with E-state index in [9.17, 15) is 0 Å². The molecule has 0 spiro atoms. The maximum absolute atomic E-state index is 15.5. The molecule has 3 aromatic rings. The summed E-state index contributed by atoms with van der Waals surface area (Å²) < 4.78 is 18.6. The second-order valence-corrected chi connectivity index (χ2v) is 9.66. The summed E-state index contributed by atoms with van der Waals surface area (Å²) in [7, 11) is 2.14. The number of hydrogen-bond acceptors (Lipinski definition) is 8. The first kappa shape index (κ1) is 22.0. The summed E-state index contributed by atoms with van der Waals surface area (Å²) in [5.74, 6) is 1.18. The van der Waals surface area contributed by atoms with Crippen molar-refractivity contribution in [2.75, 3.05) is 36.3 Å². The van der Waals surface area contributed by atoms with E-state index < -0.39 is 0 Å². The number of nitrogen functional groups attached to an aromatic ring is 1. The number of rotatable bonds is 7. The minimum atomic E-state index is -0.297. The van der Waals surface area contributed by atoms with E-state index in [0.717, 1.165) is 48.0 Å². The molecule has 9 heteroatoms. The third-order valence-corrected chi connectivity index (χ3v) is 7.58. The van der Waals surface area contributed by atoms with E-state index in [1.807, 2.05) is 12.1 Å². The smallest absolute Gasteiger partial charge is 0.220 e. The van der Waals surface area contributed by atoms with Gasteiger partial charge >= 0.3 is 0 Å². The fraction of sp³-hybridized carbons (Fsp3) is 0.409. The van der Waals surface area contributed by atoms with Crippen molar-refractivity contribution in [3.05, 3.63) is 41.3 Å². The van der Waals surface area contributed by atoms with Crippen molar-refractivity contribution in [1.82, 2.24) is 19.9 Å². The maximum atomic E-state index is 15.5. The highest BCUT2D eigenvalue weighted by Gasteiger charge is 2.26.